The minimum absolute atomic E-state index is 0.278. The normalized spacial score (nSPS) is 23.2. The van der Waals surface area contributed by atoms with Gasteiger partial charge in [0.25, 0.3) is 0 Å². The fourth-order valence-electron chi connectivity index (χ4n) is 3.10. The summed E-state index contributed by atoms with van der Waals surface area (Å²) in [6.45, 7) is 4.19. The van der Waals surface area contributed by atoms with Gasteiger partial charge in [0.15, 0.2) is 0 Å². The van der Waals surface area contributed by atoms with Gasteiger partial charge in [0, 0.05) is 30.7 Å². The standard InChI is InChI=1S/C16H21N3/c1-2-5-13-10-19(11-15(13)17)16-14-7-4-3-6-12(14)8-9-18-16/h3-4,6-9,13,15H,2,5,10-11,17H2,1H3/t13-,15-/m1/s1. The summed E-state index contributed by atoms with van der Waals surface area (Å²) in [5.74, 6) is 1.69. The van der Waals surface area contributed by atoms with Crippen molar-refractivity contribution in [3.05, 3.63) is 36.5 Å². The minimum atomic E-state index is 0.278. The van der Waals surface area contributed by atoms with Crippen LogP contribution in [0.1, 0.15) is 19.8 Å². The SMILES string of the molecule is CCC[C@@H]1CN(c2nccc3ccccc23)C[C@H]1N. The van der Waals surface area contributed by atoms with Gasteiger partial charge in [-0.05, 0) is 23.8 Å². The molecule has 2 heterocycles. The highest BCUT2D eigenvalue weighted by molar-refractivity contribution is 5.92. The smallest absolute Gasteiger partial charge is 0.136 e. The lowest BCUT2D eigenvalue weighted by molar-refractivity contribution is 0.472. The van der Waals surface area contributed by atoms with Gasteiger partial charge in [0.1, 0.15) is 5.82 Å². The second kappa shape index (κ2) is 5.17. The third kappa shape index (κ3) is 2.30. The molecule has 1 aliphatic heterocycles. The number of pyridine rings is 1. The maximum absolute atomic E-state index is 6.27. The van der Waals surface area contributed by atoms with Gasteiger partial charge in [-0.3, -0.25) is 0 Å². The maximum Gasteiger partial charge on any atom is 0.136 e. The first kappa shape index (κ1) is 12.4. The molecule has 3 nitrogen and oxygen atoms in total. The molecule has 19 heavy (non-hydrogen) atoms. The predicted octanol–water partition coefficient (Wildman–Crippen LogP) is 2.80. The first-order valence-corrected chi connectivity index (χ1v) is 7.14. The molecule has 2 atom stereocenters. The Labute approximate surface area is 114 Å². The van der Waals surface area contributed by atoms with Crippen LogP contribution in [0.5, 0.6) is 0 Å². The van der Waals surface area contributed by atoms with E-state index in [1.54, 1.807) is 0 Å². The molecule has 0 radical (unpaired) electrons. The number of hydrogen-bond donors (Lipinski definition) is 1. The van der Waals surface area contributed by atoms with Crippen molar-refractivity contribution in [3.63, 3.8) is 0 Å². The summed E-state index contributed by atoms with van der Waals surface area (Å²) in [4.78, 5) is 6.94. The Morgan fingerprint density at radius 1 is 1.26 bits per heavy atom. The van der Waals surface area contributed by atoms with Gasteiger partial charge in [-0.1, -0.05) is 37.6 Å². The average molecular weight is 255 g/mol. The van der Waals surface area contributed by atoms with Gasteiger partial charge >= 0.3 is 0 Å². The Morgan fingerprint density at radius 3 is 2.95 bits per heavy atom. The Kier molecular flexibility index (Phi) is 3.38. The van der Waals surface area contributed by atoms with Crippen molar-refractivity contribution in [2.75, 3.05) is 18.0 Å². The highest BCUT2D eigenvalue weighted by Crippen LogP contribution is 2.29. The number of benzene rings is 1. The molecule has 3 heteroatoms. The highest BCUT2D eigenvalue weighted by Gasteiger charge is 2.30. The van der Waals surface area contributed by atoms with Gasteiger partial charge in [0.2, 0.25) is 0 Å². The van der Waals surface area contributed by atoms with E-state index in [2.05, 4.69) is 47.1 Å². The summed E-state index contributed by atoms with van der Waals surface area (Å²) in [6.07, 6.45) is 4.31. The lowest BCUT2D eigenvalue weighted by atomic mass is 9.99. The van der Waals surface area contributed by atoms with Gasteiger partial charge < -0.3 is 10.6 Å². The molecule has 0 aliphatic carbocycles. The summed E-state index contributed by atoms with van der Waals surface area (Å²) in [5, 5.41) is 2.48. The van der Waals surface area contributed by atoms with E-state index in [0.29, 0.717) is 5.92 Å². The highest BCUT2D eigenvalue weighted by atomic mass is 15.2. The zero-order valence-electron chi connectivity index (χ0n) is 11.4. The molecule has 1 aromatic carbocycles. The van der Waals surface area contributed by atoms with Crippen LogP contribution in [-0.4, -0.2) is 24.1 Å². The van der Waals surface area contributed by atoms with Crippen molar-refractivity contribution >= 4 is 16.6 Å². The van der Waals surface area contributed by atoms with Crippen molar-refractivity contribution < 1.29 is 0 Å². The molecular weight excluding hydrogens is 234 g/mol. The summed E-state index contributed by atoms with van der Waals surface area (Å²) in [6, 6.07) is 10.8. The van der Waals surface area contributed by atoms with E-state index in [1.165, 1.54) is 23.6 Å². The van der Waals surface area contributed by atoms with E-state index < -0.39 is 0 Å². The van der Waals surface area contributed by atoms with Crippen LogP contribution in [0.25, 0.3) is 10.8 Å². The Hall–Kier alpha value is -1.61. The number of aromatic nitrogens is 1. The molecule has 0 bridgehead atoms. The molecule has 0 saturated carbocycles. The second-order valence-electron chi connectivity index (χ2n) is 5.47. The van der Waals surface area contributed by atoms with Gasteiger partial charge in [-0.2, -0.15) is 0 Å². The number of nitrogens with two attached hydrogens (primary N) is 1. The molecule has 2 N–H and O–H groups in total. The summed E-state index contributed by atoms with van der Waals surface area (Å²) in [5.41, 5.74) is 6.27. The van der Waals surface area contributed by atoms with Crippen molar-refractivity contribution in [3.8, 4) is 0 Å². The molecule has 1 fully saturated rings. The van der Waals surface area contributed by atoms with Crippen LogP contribution < -0.4 is 10.6 Å². The molecular formula is C16H21N3. The van der Waals surface area contributed by atoms with Crippen molar-refractivity contribution in [1.82, 2.24) is 4.98 Å². The lowest BCUT2D eigenvalue weighted by Crippen LogP contribution is -2.29. The molecule has 1 saturated heterocycles. The topological polar surface area (TPSA) is 42.2 Å². The molecule has 3 rings (SSSR count). The van der Waals surface area contributed by atoms with Crippen LogP contribution >= 0.6 is 0 Å². The number of anilines is 1. The first-order chi connectivity index (χ1) is 9.29. The van der Waals surface area contributed by atoms with E-state index in [4.69, 9.17) is 5.73 Å². The van der Waals surface area contributed by atoms with Crippen LogP contribution in [0.3, 0.4) is 0 Å². The third-order valence-corrected chi connectivity index (χ3v) is 4.10. The number of rotatable bonds is 3. The molecule has 2 aromatic rings. The van der Waals surface area contributed by atoms with Gasteiger partial charge in [0.05, 0.1) is 0 Å². The van der Waals surface area contributed by atoms with Crippen LogP contribution in [0.4, 0.5) is 5.82 Å². The summed E-state index contributed by atoms with van der Waals surface area (Å²) in [7, 11) is 0. The van der Waals surface area contributed by atoms with E-state index >= 15 is 0 Å². The van der Waals surface area contributed by atoms with Crippen LogP contribution in [-0.2, 0) is 0 Å². The molecule has 1 aliphatic rings. The van der Waals surface area contributed by atoms with Gasteiger partial charge in [-0.15, -0.1) is 0 Å². The Balaban J connectivity index is 1.93. The van der Waals surface area contributed by atoms with Crippen molar-refractivity contribution in [1.29, 1.82) is 0 Å². The zero-order valence-corrected chi connectivity index (χ0v) is 11.4. The fourth-order valence-corrected chi connectivity index (χ4v) is 3.10. The van der Waals surface area contributed by atoms with Crippen LogP contribution in [0.15, 0.2) is 36.5 Å². The quantitative estimate of drug-likeness (QED) is 0.917. The van der Waals surface area contributed by atoms with Crippen LogP contribution in [0.2, 0.25) is 0 Å². The summed E-state index contributed by atoms with van der Waals surface area (Å²) < 4.78 is 0. The zero-order chi connectivity index (χ0) is 13.2. The van der Waals surface area contributed by atoms with Crippen LogP contribution in [0, 0.1) is 5.92 Å². The molecule has 0 spiro atoms. The third-order valence-electron chi connectivity index (χ3n) is 4.10. The first-order valence-electron chi connectivity index (χ1n) is 7.14. The van der Waals surface area contributed by atoms with Crippen molar-refractivity contribution in [2.24, 2.45) is 11.7 Å². The minimum Gasteiger partial charge on any atom is -0.354 e. The predicted molar refractivity (Wildman–Crippen MR) is 80.3 cm³/mol. The van der Waals surface area contributed by atoms with E-state index in [-0.39, 0.29) is 6.04 Å². The monoisotopic (exact) mass is 255 g/mol. The summed E-state index contributed by atoms with van der Waals surface area (Å²) >= 11 is 0. The van der Waals surface area contributed by atoms with E-state index in [1.807, 2.05) is 6.20 Å². The molecule has 100 valence electrons. The number of nitrogens with zero attached hydrogens (tertiary/aromatic N) is 2. The van der Waals surface area contributed by atoms with E-state index in [9.17, 15) is 0 Å². The van der Waals surface area contributed by atoms with E-state index in [0.717, 1.165) is 18.9 Å². The molecule has 1 aromatic heterocycles. The number of hydrogen-bond acceptors (Lipinski definition) is 3. The second-order valence-corrected chi connectivity index (χ2v) is 5.47. The Bertz CT molecular complexity index is 561. The largest absolute Gasteiger partial charge is 0.354 e. The van der Waals surface area contributed by atoms with Gasteiger partial charge in [-0.25, -0.2) is 4.98 Å². The maximum atomic E-state index is 6.27. The fraction of sp³-hybridized carbons (Fsp3) is 0.438. The van der Waals surface area contributed by atoms with Crippen molar-refractivity contribution in [2.45, 2.75) is 25.8 Å². The average Bonchev–Trinajstić information content (AvgIpc) is 2.80. The Morgan fingerprint density at radius 2 is 2.11 bits per heavy atom. The lowest BCUT2D eigenvalue weighted by Gasteiger charge is -2.19. The molecule has 0 amide bonds. The number of fused-ring (bicyclic) bond motifs is 1. The molecule has 0 unspecified atom stereocenters.